The minimum absolute atomic E-state index is 0.0822. The van der Waals surface area contributed by atoms with Gasteiger partial charge < -0.3 is 9.67 Å². The van der Waals surface area contributed by atoms with E-state index < -0.39 is 5.97 Å². The number of halogens is 1. The topological polar surface area (TPSA) is 60.0 Å². The van der Waals surface area contributed by atoms with Gasteiger partial charge in [-0.2, -0.15) is 5.10 Å². The van der Waals surface area contributed by atoms with Gasteiger partial charge in [-0.1, -0.05) is 11.6 Å². The summed E-state index contributed by atoms with van der Waals surface area (Å²) in [7, 11) is 0. The minimum atomic E-state index is -0.890. The Bertz CT molecular complexity index is 761. The van der Waals surface area contributed by atoms with Crippen molar-refractivity contribution in [2.75, 3.05) is 0 Å². The predicted molar refractivity (Wildman–Crippen MR) is 79.2 cm³/mol. The van der Waals surface area contributed by atoms with Crippen molar-refractivity contribution < 1.29 is 9.90 Å². The Kier molecular flexibility index (Phi) is 3.50. The molecule has 21 heavy (non-hydrogen) atoms. The minimum Gasteiger partial charge on any atom is -0.481 e. The van der Waals surface area contributed by atoms with E-state index in [0.717, 1.165) is 5.69 Å². The van der Waals surface area contributed by atoms with Crippen molar-refractivity contribution in [3.8, 4) is 11.5 Å². The van der Waals surface area contributed by atoms with Gasteiger partial charge in [-0.3, -0.25) is 4.79 Å². The second kappa shape index (κ2) is 5.46. The Labute approximate surface area is 126 Å². The van der Waals surface area contributed by atoms with Crippen LogP contribution >= 0.6 is 11.6 Å². The van der Waals surface area contributed by atoms with Crippen LogP contribution < -0.4 is 0 Å². The van der Waals surface area contributed by atoms with Crippen LogP contribution in [0.15, 0.2) is 55.0 Å². The van der Waals surface area contributed by atoms with Crippen LogP contribution in [-0.2, 0) is 11.2 Å². The van der Waals surface area contributed by atoms with Gasteiger partial charge in [0, 0.05) is 23.0 Å². The van der Waals surface area contributed by atoms with Crippen molar-refractivity contribution >= 4 is 17.6 Å². The van der Waals surface area contributed by atoms with Crippen LogP contribution in [0.25, 0.3) is 11.5 Å². The fourth-order valence-electron chi connectivity index (χ4n) is 2.19. The number of hydrogen-bond donors (Lipinski definition) is 1. The van der Waals surface area contributed by atoms with Crippen LogP contribution in [0.5, 0.6) is 0 Å². The lowest BCUT2D eigenvalue weighted by Crippen LogP contribution is -2.08. The third-order valence-corrected chi connectivity index (χ3v) is 3.33. The molecular weight excluding hydrogens is 290 g/mol. The third-order valence-electron chi connectivity index (χ3n) is 3.08. The van der Waals surface area contributed by atoms with E-state index in [1.165, 1.54) is 0 Å². The Morgan fingerprint density at radius 3 is 2.48 bits per heavy atom. The average Bonchev–Trinajstić information content (AvgIpc) is 3.08. The van der Waals surface area contributed by atoms with Gasteiger partial charge in [0.05, 0.1) is 18.3 Å². The SMILES string of the molecule is O=C(O)Cc1cnn(-c2ccc(Cl)cc2)c1-n1cccc1. The maximum absolute atomic E-state index is 11.0. The second-order valence-electron chi connectivity index (χ2n) is 4.54. The lowest BCUT2D eigenvalue weighted by Gasteiger charge is -2.10. The summed E-state index contributed by atoms with van der Waals surface area (Å²) >= 11 is 5.90. The first-order valence-corrected chi connectivity index (χ1v) is 6.71. The van der Waals surface area contributed by atoms with Crippen LogP contribution in [0.2, 0.25) is 5.02 Å². The van der Waals surface area contributed by atoms with E-state index in [9.17, 15) is 4.79 Å². The molecule has 106 valence electrons. The largest absolute Gasteiger partial charge is 0.481 e. The summed E-state index contributed by atoms with van der Waals surface area (Å²) < 4.78 is 3.55. The molecule has 2 heterocycles. The fourth-order valence-corrected chi connectivity index (χ4v) is 2.31. The van der Waals surface area contributed by atoms with Crippen molar-refractivity contribution in [3.63, 3.8) is 0 Å². The summed E-state index contributed by atoms with van der Waals surface area (Å²) in [5.74, 6) is -0.177. The van der Waals surface area contributed by atoms with Crippen molar-refractivity contribution in [1.29, 1.82) is 0 Å². The summed E-state index contributed by atoms with van der Waals surface area (Å²) in [6.07, 6.45) is 5.21. The van der Waals surface area contributed by atoms with E-state index in [-0.39, 0.29) is 6.42 Å². The molecule has 2 aromatic heterocycles. The molecule has 0 aliphatic rings. The summed E-state index contributed by atoms with van der Waals surface area (Å²) in [6.45, 7) is 0. The van der Waals surface area contributed by atoms with E-state index in [4.69, 9.17) is 16.7 Å². The van der Waals surface area contributed by atoms with Gasteiger partial charge in [-0.05, 0) is 36.4 Å². The number of carboxylic acid groups (broad SMARTS) is 1. The summed E-state index contributed by atoms with van der Waals surface area (Å²) in [4.78, 5) is 11.0. The van der Waals surface area contributed by atoms with Crippen LogP contribution in [0, 0.1) is 0 Å². The van der Waals surface area contributed by atoms with E-state index in [1.54, 1.807) is 23.0 Å². The average molecular weight is 302 g/mol. The molecule has 0 spiro atoms. The number of carboxylic acids is 1. The van der Waals surface area contributed by atoms with E-state index in [1.807, 2.05) is 41.2 Å². The number of nitrogens with zero attached hydrogens (tertiary/aromatic N) is 3. The molecule has 6 heteroatoms. The van der Waals surface area contributed by atoms with Crippen LogP contribution in [0.4, 0.5) is 0 Å². The van der Waals surface area contributed by atoms with Gasteiger partial charge in [0.1, 0.15) is 5.82 Å². The Balaban J connectivity index is 2.14. The maximum Gasteiger partial charge on any atom is 0.308 e. The molecule has 0 aliphatic carbocycles. The molecule has 0 aliphatic heterocycles. The van der Waals surface area contributed by atoms with Crippen LogP contribution in [0.1, 0.15) is 5.56 Å². The van der Waals surface area contributed by atoms with Gasteiger partial charge in [0.2, 0.25) is 0 Å². The molecule has 3 rings (SSSR count). The number of carbonyl (C=O) groups is 1. The normalized spacial score (nSPS) is 10.7. The van der Waals surface area contributed by atoms with Gasteiger partial charge >= 0.3 is 5.97 Å². The Morgan fingerprint density at radius 2 is 1.86 bits per heavy atom. The molecule has 5 nitrogen and oxygen atoms in total. The monoisotopic (exact) mass is 301 g/mol. The second-order valence-corrected chi connectivity index (χ2v) is 4.98. The highest BCUT2D eigenvalue weighted by molar-refractivity contribution is 6.30. The van der Waals surface area contributed by atoms with Gasteiger partial charge in [0.25, 0.3) is 0 Å². The quantitative estimate of drug-likeness (QED) is 0.806. The number of aliphatic carboxylic acids is 1. The lowest BCUT2D eigenvalue weighted by molar-refractivity contribution is -0.136. The maximum atomic E-state index is 11.0. The molecule has 0 fully saturated rings. The zero-order valence-corrected chi connectivity index (χ0v) is 11.7. The smallest absolute Gasteiger partial charge is 0.308 e. The van der Waals surface area contributed by atoms with Crippen LogP contribution in [0.3, 0.4) is 0 Å². The van der Waals surface area contributed by atoms with Gasteiger partial charge in [-0.15, -0.1) is 0 Å². The zero-order chi connectivity index (χ0) is 14.8. The first-order chi connectivity index (χ1) is 10.1. The molecule has 0 amide bonds. The summed E-state index contributed by atoms with van der Waals surface area (Å²) in [5, 5.41) is 14.0. The van der Waals surface area contributed by atoms with Gasteiger partial charge in [-0.25, -0.2) is 4.68 Å². The van der Waals surface area contributed by atoms with Crippen LogP contribution in [-0.4, -0.2) is 25.4 Å². The predicted octanol–water partition coefficient (Wildman–Crippen LogP) is 2.94. The molecule has 3 aromatic rings. The van der Waals surface area contributed by atoms with E-state index >= 15 is 0 Å². The number of rotatable bonds is 4. The number of benzene rings is 1. The Morgan fingerprint density at radius 1 is 1.19 bits per heavy atom. The fraction of sp³-hybridized carbons (Fsp3) is 0.0667. The van der Waals surface area contributed by atoms with Crippen molar-refractivity contribution in [1.82, 2.24) is 14.3 Å². The summed E-state index contributed by atoms with van der Waals surface area (Å²) in [5.41, 5.74) is 1.47. The van der Waals surface area contributed by atoms with Crippen molar-refractivity contribution in [2.45, 2.75) is 6.42 Å². The van der Waals surface area contributed by atoms with E-state index in [2.05, 4.69) is 5.10 Å². The number of aromatic nitrogens is 3. The molecule has 0 saturated heterocycles. The highest BCUT2D eigenvalue weighted by atomic mass is 35.5. The zero-order valence-electron chi connectivity index (χ0n) is 11.0. The molecule has 0 radical (unpaired) electrons. The molecule has 1 aromatic carbocycles. The Hall–Kier alpha value is -2.53. The van der Waals surface area contributed by atoms with E-state index in [0.29, 0.717) is 16.4 Å². The van der Waals surface area contributed by atoms with Crippen molar-refractivity contribution in [3.05, 3.63) is 65.6 Å². The molecule has 0 unspecified atom stereocenters. The lowest BCUT2D eigenvalue weighted by atomic mass is 10.2. The number of hydrogen-bond acceptors (Lipinski definition) is 2. The molecule has 0 saturated carbocycles. The molecule has 0 bridgehead atoms. The molecule has 1 N–H and O–H groups in total. The highest BCUT2D eigenvalue weighted by Gasteiger charge is 2.16. The first-order valence-electron chi connectivity index (χ1n) is 6.33. The molecular formula is C15H12ClN3O2. The first kappa shape index (κ1) is 13.5. The summed E-state index contributed by atoms with van der Waals surface area (Å²) in [6, 6.07) is 11.0. The standard InChI is InChI=1S/C15H12ClN3O2/c16-12-3-5-13(6-4-12)19-15(18-7-1-2-8-18)11(10-17-19)9-14(20)21/h1-8,10H,9H2,(H,20,21). The molecule has 0 atom stereocenters. The highest BCUT2D eigenvalue weighted by Crippen LogP contribution is 2.21. The third kappa shape index (κ3) is 2.68. The van der Waals surface area contributed by atoms with Crippen molar-refractivity contribution in [2.24, 2.45) is 0 Å². The van der Waals surface area contributed by atoms with Gasteiger partial charge in [0.15, 0.2) is 0 Å².